The summed E-state index contributed by atoms with van der Waals surface area (Å²) in [5, 5.41) is 4.40. The van der Waals surface area contributed by atoms with Crippen LogP contribution in [0.15, 0.2) is 59.2 Å². The van der Waals surface area contributed by atoms with Crippen LogP contribution in [0.4, 0.5) is 10.1 Å². The van der Waals surface area contributed by atoms with Crippen LogP contribution >= 0.6 is 15.9 Å². The molecule has 0 aliphatic rings. The monoisotopic (exact) mass is 345 g/mol. The number of rotatable bonds is 3. The third kappa shape index (κ3) is 2.97. The van der Waals surface area contributed by atoms with E-state index < -0.39 is 0 Å². The van der Waals surface area contributed by atoms with Crippen LogP contribution in [0.1, 0.15) is 5.56 Å². The summed E-state index contributed by atoms with van der Waals surface area (Å²) < 4.78 is 16.6. The van der Waals surface area contributed by atoms with Gasteiger partial charge in [0.1, 0.15) is 11.5 Å². The molecule has 0 atom stereocenters. The van der Waals surface area contributed by atoms with Crippen LogP contribution in [-0.2, 0) is 6.54 Å². The molecule has 3 nitrogen and oxygen atoms in total. The maximum Gasteiger partial charge on any atom is 0.132 e. The third-order valence-electron chi connectivity index (χ3n) is 3.18. The molecular weight excluding hydrogens is 333 g/mol. The Bertz CT molecular complexity index is 765. The van der Waals surface area contributed by atoms with E-state index in [-0.39, 0.29) is 5.82 Å². The first-order chi connectivity index (χ1) is 10.1. The topological polar surface area (TPSA) is 43.8 Å². The molecular formula is C16H13BrFN3. The summed E-state index contributed by atoms with van der Waals surface area (Å²) in [6, 6.07) is 14.5. The molecule has 0 saturated heterocycles. The van der Waals surface area contributed by atoms with Crippen LogP contribution < -0.4 is 5.73 Å². The number of halogens is 2. The third-order valence-corrected chi connectivity index (χ3v) is 3.71. The minimum atomic E-state index is -0.321. The molecule has 0 spiro atoms. The van der Waals surface area contributed by atoms with Gasteiger partial charge in [-0.2, -0.15) is 5.10 Å². The zero-order chi connectivity index (χ0) is 14.8. The number of hydrogen-bond acceptors (Lipinski definition) is 2. The Balaban J connectivity index is 1.91. The number of anilines is 1. The van der Waals surface area contributed by atoms with Gasteiger partial charge < -0.3 is 5.73 Å². The van der Waals surface area contributed by atoms with Gasteiger partial charge in [-0.1, -0.05) is 40.2 Å². The van der Waals surface area contributed by atoms with Crippen molar-refractivity contribution in [3.8, 4) is 11.3 Å². The number of aromatic nitrogens is 2. The molecule has 0 bridgehead atoms. The molecule has 5 heteroatoms. The van der Waals surface area contributed by atoms with E-state index >= 15 is 0 Å². The highest BCUT2D eigenvalue weighted by Crippen LogP contribution is 2.26. The van der Waals surface area contributed by atoms with E-state index in [2.05, 4.69) is 21.0 Å². The molecule has 1 heterocycles. The fourth-order valence-corrected chi connectivity index (χ4v) is 2.42. The van der Waals surface area contributed by atoms with E-state index in [9.17, 15) is 4.39 Å². The van der Waals surface area contributed by atoms with Gasteiger partial charge in [0, 0.05) is 16.2 Å². The lowest BCUT2D eigenvalue weighted by atomic mass is 10.1. The van der Waals surface area contributed by atoms with Gasteiger partial charge in [-0.25, -0.2) is 4.39 Å². The van der Waals surface area contributed by atoms with Gasteiger partial charge in [0.05, 0.1) is 12.2 Å². The molecule has 0 unspecified atom stereocenters. The van der Waals surface area contributed by atoms with Crippen molar-refractivity contribution in [1.29, 1.82) is 0 Å². The standard InChI is InChI=1S/C16H13BrFN3/c17-12-7-5-11(6-8-12)9-21-10-15(19)16(20-21)13-3-1-2-4-14(13)18/h1-8,10H,9,19H2. The van der Waals surface area contributed by atoms with Gasteiger partial charge in [-0.05, 0) is 29.8 Å². The second-order valence-corrected chi connectivity index (χ2v) is 5.65. The lowest BCUT2D eigenvalue weighted by Gasteiger charge is -2.02. The summed E-state index contributed by atoms with van der Waals surface area (Å²) in [6.07, 6.45) is 1.73. The predicted molar refractivity (Wildman–Crippen MR) is 85.3 cm³/mol. The van der Waals surface area contributed by atoms with Crippen molar-refractivity contribution < 1.29 is 4.39 Å². The van der Waals surface area contributed by atoms with E-state index in [0.29, 0.717) is 23.5 Å². The van der Waals surface area contributed by atoms with Crippen LogP contribution in [0.2, 0.25) is 0 Å². The summed E-state index contributed by atoms with van der Waals surface area (Å²) in [5.41, 5.74) is 8.43. The van der Waals surface area contributed by atoms with E-state index in [1.165, 1.54) is 6.07 Å². The second kappa shape index (κ2) is 5.69. The normalized spacial score (nSPS) is 10.8. The molecule has 1 aromatic heterocycles. The fourth-order valence-electron chi connectivity index (χ4n) is 2.16. The molecule has 0 fully saturated rings. The minimum absolute atomic E-state index is 0.321. The molecule has 21 heavy (non-hydrogen) atoms. The van der Waals surface area contributed by atoms with E-state index in [4.69, 9.17) is 5.73 Å². The largest absolute Gasteiger partial charge is 0.396 e. The second-order valence-electron chi connectivity index (χ2n) is 4.74. The maximum atomic E-state index is 13.8. The molecule has 106 valence electrons. The van der Waals surface area contributed by atoms with Crippen molar-refractivity contribution in [2.45, 2.75) is 6.54 Å². The highest BCUT2D eigenvalue weighted by Gasteiger charge is 2.12. The minimum Gasteiger partial charge on any atom is -0.396 e. The molecule has 0 saturated carbocycles. The van der Waals surface area contributed by atoms with E-state index in [1.807, 2.05) is 24.3 Å². The van der Waals surface area contributed by atoms with Crippen molar-refractivity contribution in [2.24, 2.45) is 0 Å². The Hall–Kier alpha value is -2.14. The van der Waals surface area contributed by atoms with Gasteiger partial charge in [0.15, 0.2) is 0 Å². The Morgan fingerprint density at radius 3 is 2.52 bits per heavy atom. The van der Waals surface area contributed by atoms with E-state index in [0.717, 1.165) is 10.0 Å². The van der Waals surface area contributed by atoms with Gasteiger partial charge in [0.25, 0.3) is 0 Å². The number of nitrogens with two attached hydrogens (primary N) is 1. The van der Waals surface area contributed by atoms with Crippen molar-refractivity contribution in [1.82, 2.24) is 9.78 Å². The highest BCUT2D eigenvalue weighted by molar-refractivity contribution is 9.10. The Morgan fingerprint density at radius 1 is 1.10 bits per heavy atom. The first kappa shape index (κ1) is 13.8. The molecule has 0 amide bonds. The van der Waals surface area contributed by atoms with Crippen LogP contribution in [0, 0.1) is 5.82 Å². The zero-order valence-electron chi connectivity index (χ0n) is 11.1. The van der Waals surface area contributed by atoms with Crippen LogP contribution in [0.25, 0.3) is 11.3 Å². The molecule has 2 aromatic carbocycles. The number of benzene rings is 2. The SMILES string of the molecule is Nc1cn(Cc2ccc(Br)cc2)nc1-c1ccccc1F. The first-order valence-corrected chi connectivity index (χ1v) is 7.25. The van der Waals surface area contributed by atoms with Crippen LogP contribution in [0.5, 0.6) is 0 Å². The molecule has 0 radical (unpaired) electrons. The predicted octanol–water partition coefficient (Wildman–Crippen LogP) is 4.08. The average molecular weight is 346 g/mol. The molecule has 3 aromatic rings. The van der Waals surface area contributed by atoms with Gasteiger partial charge in [-0.3, -0.25) is 4.68 Å². The summed E-state index contributed by atoms with van der Waals surface area (Å²) >= 11 is 3.40. The summed E-state index contributed by atoms with van der Waals surface area (Å²) in [6.45, 7) is 0.589. The van der Waals surface area contributed by atoms with Crippen molar-refractivity contribution in [2.75, 3.05) is 5.73 Å². The van der Waals surface area contributed by atoms with Crippen molar-refractivity contribution in [3.05, 3.63) is 70.6 Å². The van der Waals surface area contributed by atoms with Crippen LogP contribution in [0.3, 0.4) is 0 Å². The Labute approximate surface area is 130 Å². The molecule has 0 aliphatic carbocycles. The van der Waals surface area contributed by atoms with Crippen molar-refractivity contribution >= 4 is 21.6 Å². The van der Waals surface area contributed by atoms with Gasteiger partial charge >= 0.3 is 0 Å². The number of nitrogen functional groups attached to an aromatic ring is 1. The molecule has 3 rings (SSSR count). The lowest BCUT2D eigenvalue weighted by molar-refractivity contribution is 0.629. The van der Waals surface area contributed by atoms with Gasteiger partial charge in [0.2, 0.25) is 0 Å². The number of hydrogen-bond donors (Lipinski definition) is 1. The summed E-state index contributed by atoms with van der Waals surface area (Å²) in [4.78, 5) is 0. The molecule has 0 aliphatic heterocycles. The summed E-state index contributed by atoms with van der Waals surface area (Å²) in [7, 11) is 0. The maximum absolute atomic E-state index is 13.8. The Morgan fingerprint density at radius 2 is 1.81 bits per heavy atom. The van der Waals surface area contributed by atoms with Crippen LogP contribution in [-0.4, -0.2) is 9.78 Å². The zero-order valence-corrected chi connectivity index (χ0v) is 12.7. The first-order valence-electron chi connectivity index (χ1n) is 6.46. The smallest absolute Gasteiger partial charge is 0.132 e. The van der Waals surface area contributed by atoms with E-state index in [1.54, 1.807) is 29.1 Å². The van der Waals surface area contributed by atoms with Crippen molar-refractivity contribution in [3.63, 3.8) is 0 Å². The lowest BCUT2D eigenvalue weighted by Crippen LogP contribution is -2.00. The summed E-state index contributed by atoms with van der Waals surface area (Å²) in [5.74, 6) is -0.321. The Kier molecular flexibility index (Phi) is 3.75. The van der Waals surface area contributed by atoms with Gasteiger partial charge in [-0.15, -0.1) is 0 Å². The average Bonchev–Trinajstić information content (AvgIpc) is 2.83. The number of nitrogens with zero attached hydrogens (tertiary/aromatic N) is 2. The highest BCUT2D eigenvalue weighted by atomic mass is 79.9. The fraction of sp³-hybridized carbons (Fsp3) is 0.0625. The quantitative estimate of drug-likeness (QED) is 0.777. The molecule has 2 N–H and O–H groups in total.